The van der Waals surface area contributed by atoms with Crippen LogP contribution in [0.4, 0.5) is 4.79 Å². The molecule has 1 rings (SSSR count). The quantitative estimate of drug-likeness (QED) is 0.587. The minimum Gasteiger partial charge on any atom is -0.444 e. The van der Waals surface area contributed by atoms with Crippen molar-refractivity contribution in [2.45, 2.75) is 52.2 Å². The number of amides is 1. The van der Waals surface area contributed by atoms with E-state index < -0.39 is 5.60 Å². The van der Waals surface area contributed by atoms with Crippen molar-refractivity contribution in [2.75, 3.05) is 6.54 Å². The van der Waals surface area contributed by atoms with Gasteiger partial charge in [-0.3, -0.25) is 0 Å². The molecule has 0 saturated heterocycles. The summed E-state index contributed by atoms with van der Waals surface area (Å²) in [6.07, 6.45) is 4.00. The number of hydrogen-bond acceptors (Lipinski definition) is 2. The molecule has 0 fully saturated rings. The van der Waals surface area contributed by atoms with Gasteiger partial charge in [0.25, 0.3) is 0 Å². The highest BCUT2D eigenvalue weighted by Crippen LogP contribution is 2.18. The van der Waals surface area contributed by atoms with Crippen LogP contribution in [0.15, 0.2) is 11.5 Å². The van der Waals surface area contributed by atoms with Crippen molar-refractivity contribution in [1.82, 2.24) is 4.90 Å². The fourth-order valence-electron chi connectivity index (χ4n) is 1.70. The molecule has 0 N–H and O–H groups in total. The Bertz CT molecular complexity index is 294. The topological polar surface area (TPSA) is 29.5 Å². The Morgan fingerprint density at radius 1 is 1.56 bits per heavy atom. The van der Waals surface area contributed by atoms with Crippen LogP contribution in [0.5, 0.6) is 0 Å². The SMILES string of the molecule is BC1=CCN(C(=O)OC(C)(C)C)C(C)CC1. The first kappa shape index (κ1) is 13.1. The maximum atomic E-state index is 12.0. The van der Waals surface area contributed by atoms with Crippen LogP contribution < -0.4 is 0 Å². The molecule has 1 heterocycles. The van der Waals surface area contributed by atoms with E-state index in [1.165, 1.54) is 5.47 Å². The highest BCUT2D eigenvalue weighted by molar-refractivity contribution is 6.21. The molecule has 0 radical (unpaired) electrons. The van der Waals surface area contributed by atoms with Gasteiger partial charge < -0.3 is 9.64 Å². The Balaban J connectivity index is 2.67. The zero-order valence-electron chi connectivity index (χ0n) is 11.0. The maximum absolute atomic E-state index is 12.0. The van der Waals surface area contributed by atoms with Crippen LogP contribution in [0, 0.1) is 0 Å². The van der Waals surface area contributed by atoms with Gasteiger partial charge in [0, 0.05) is 12.6 Å². The molecule has 1 unspecified atom stereocenters. The van der Waals surface area contributed by atoms with Gasteiger partial charge in [-0.25, -0.2) is 4.79 Å². The lowest BCUT2D eigenvalue weighted by molar-refractivity contribution is 0.0201. The van der Waals surface area contributed by atoms with Crippen molar-refractivity contribution in [2.24, 2.45) is 0 Å². The molecule has 1 aliphatic rings. The summed E-state index contributed by atoms with van der Waals surface area (Å²) >= 11 is 0. The van der Waals surface area contributed by atoms with Gasteiger partial charge in [-0.05, 0) is 40.5 Å². The molecule has 1 aliphatic heterocycles. The van der Waals surface area contributed by atoms with Crippen LogP contribution >= 0.6 is 0 Å². The van der Waals surface area contributed by atoms with Crippen LogP contribution in [0.3, 0.4) is 0 Å². The predicted octanol–water partition coefficient (Wildman–Crippen LogP) is 1.92. The van der Waals surface area contributed by atoms with E-state index in [1.54, 1.807) is 0 Å². The first-order chi connectivity index (χ1) is 7.29. The molecule has 3 nitrogen and oxygen atoms in total. The molecule has 4 heteroatoms. The Morgan fingerprint density at radius 3 is 2.75 bits per heavy atom. The summed E-state index contributed by atoms with van der Waals surface area (Å²) in [5.41, 5.74) is 0.944. The third-order valence-corrected chi connectivity index (χ3v) is 2.75. The van der Waals surface area contributed by atoms with E-state index in [9.17, 15) is 4.79 Å². The molecule has 1 amide bonds. The average molecular weight is 223 g/mol. The Kier molecular flexibility index (Phi) is 4.06. The van der Waals surface area contributed by atoms with Crippen molar-refractivity contribution in [3.8, 4) is 0 Å². The zero-order chi connectivity index (χ0) is 12.3. The number of allylic oxidation sites excluding steroid dienone is 1. The molecule has 90 valence electrons. The molecular weight excluding hydrogens is 201 g/mol. The zero-order valence-corrected chi connectivity index (χ0v) is 11.0. The first-order valence-corrected chi connectivity index (χ1v) is 5.95. The van der Waals surface area contributed by atoms with Gasteiger partial charge in [-0.1, -0.05) is 6.08 Å². The van der Waals surface area contributed by atoms with E-state index in [-0.39, 0.29) is 12.1 Å². The van der Waals surface area contributed by atoms with Crippen LogP contribution in [-0.4, -0.2) is 37.0 Å². The van der Waals surface area contributed by atoms with E-state index >= 15 is 0 Å². The minimum atomic E-state index is -0.415. The molecule has 0 aromatic heterocycles. The standard InChI is InChI=1S/C12H22BNO2/c1-9-5-6-10(13)7-8-14(9)11(15)16-12(2,3)4/h7,9H,5-6,8,13H2,1-4H3. The third kappa shape index (κ3) is 3.91. The van der Waals surface area contributed by atoms with Gasteiger partial charge >= 0.3 is 6.09 Å². The number of rotatable bonds is 0. The number of carbonyl (C=O) groups is 1. The maximum Gasteiger partial charge on any atom is 0.410 e. The van der Waals surface area contributed by atoms with Crippen LogP contribution in [0.25, 0.3) is 0 Å². The molecule has 0 bridgehead atoms. The summed E-state index contributed by atoms with van der Waals surface area (Å²) in [6, 6.07) is 0.253. The van der Waals surface area contributed by atoms with E-state index in [2.05, 4.69) is 20.8 Å². The van der Waals surface area contributed by atoms with Gasteiger partial charge in [0.2, 0.25) is 0 Å². The minimum absolute atomic E-state index is 0.203. The third-order valence-electron chi connectivity index (χ3n) is 2.75. The molecule has 0 spiro atoms. The molecule has 0 aliphatic carbocycles. The number of nitrogens with zero attached hydrogens (tertiary/aromatic N) is 1. The Hall–Kier alpha value is -0.925. The highest BCUT2D eigenvalue weighted by atomic mass is 16.6. The van der Waals surface area contributed by atoms with Gasteiger partial charge in [0.05, 0.1) is 0 Å². The number of ether oxygens (including phenoxy) is 1. The van der Waals surface area contributed by atoms with Gasteiger partial charge in [-0.15, -0.1) is 5.47 Å². The highest BCUT2D eigenvalue weighted by Gasteiger charge is 2.26. The molecule has 0 aromatic carbocycles. The first-order valence-electron chi connectivity index (χ1n) is 5.95. The molecule has 0 saturated carbocycles. The van der Waals surface area contributed by atoms with E-state index in [1.807, 2.05) is 25.7 Å². The summed E-state index contributed by atoms with van der Waals surface area (Å²) in [7, 11) is 2.12. The largest absolute Gasteiger partial charge is 0.444 e. The van der Waals surface area contributed by atoms with E-state index in [4.69, 9.17) is 4.74 Å². The molecular formula is C12H22BNO2. The van der Waals surface area contributed by atoms with Gasteiger partial charge in [0.1, 0.15) is 13.4 Å². The smallest absolute Gasteiger partial charge is 0.410 e. The number of carbonyl (C=O) groups excluding carboxylic acids is 1. The second-order valence-electron chi connectivity index (χ2n) is 5.57. The average Bonchev–Trinajstić information content (AvgIpc) is 2.26. The Labute approximate surface area is 99.2 Å². The van der Waals surface area contributed by atoms with E-state index in [0.717, 1.165) is 12.8 Å². The van der Waals surface area contributed by atoms with Crippen molar-refractivity contribution in [3.63, 3.8) is 0 Å². The van der Waals surface area contributed by atoms with Crippen LogP contribution in [0.1, 0.15) is 40.5 Å². The summed E-state index contributed by atoms with van der Waals surface area (Å²) in [6.45, 7) is 8.44. The fourth-order valence-corrected chi connectivity index (χ4v) is 1.70. The summed E-state index contributed by atoms with van der Waals surface area (Å²) in [5.74, 6) is 0. The van der Waals surface area contributed by atoms with Crippen LogP contribution in [0.2, 0.25) is 0 Å². The lowest BCUT2D eigenvalue weighted by Crippen LogP contribution is -2.41. The second kappa shape index (κ2) is 4.94. The normalized spacial score (nSPS) is 22.4. The molecule has 16 heavy (non-hydrogen) atoms. The lowest BCUT2D eigenvalue weighted by Gasteiger charge is -2.30. The summed E-state index contributed by atoms with van der Waals surface area (Å²) in [5, 5.41) is 0. The molecule has 0 aromatic rings. The number of hydrogen-bond donors (Lipinski definition) is 0. The van der Waals surface area contributed by atoms with Crippen LogP contribution in [-0.2, 0) is 4.74 Å². The monoisotopic (exact) mass is 223 g/mol. The van der Waals surface area contributed by atoms with Crippen molar-refractivity contribution >= 4 is 13.9 Å². The van der Waals surface area contributed by atoms with Crippen molar-refractivity contribution < 1.29 is 9.53 Å². The van der Waals surface area contributed by atoms with Gasteiger partial charge in [0.15, 0.2) is 0 Å². The van der Waals surface area contributed by atoms with Crippen molar-refractivity contribution in [1.29, 1.82) is 0 Å². The Morgan fingerprint density at radius 2 is 2.19 bits per heavy atom. The fraction of sp³-hybridized carbons (Fsp3) is 0.750. The predicted molar refractivity (Wildman–Crippen MR) is 68.3 cm³/mol. The molecule has 1 atom stereocenters. The summed E-state index contributed by atoms with van der Waals surface area (Å²) in [4.78, 5) is 13.8. The van der Waals surface area contributed by atoms with Crippen molar-refractivity contribution in [3.05, 3.63) is 11.5 Å². The van der Waals surface area contributed by atoms with Gasteiger partial charge in [-0.2, -0.15) is 0 Å². The van der Waals surface area contributed by atoms with E-state index in [0.29, 0.717) is 6.54 Å². The summed E-state index contributed by atoms with van der Waals surface area (Å²) < 4.78 is 5.40. The lowest BCUT2D eigenvalue weighted by atomic mass is 9.91. The second-order valence-corrected chi connectivity index (χ2v) is 5.57.